The predicted molar refractivity (Wildman–Crippen MR) is 80.9 cm³/mol. The second-order valence-corrected chi connectivity index (χ2v) is 5.38. The second-order valence-electron chi connectivity index (χ2n) is 5.38. The molecule has 1 amide bonds. The molecule has 2 atom stereocenters. The third kappa shape index (κ3) is 2.90. The van der Waals surface area contributed by atoms with E-state index in [9.17, 15) is 4.79 Å². The molecule has 116 valence electrons. The summed E-state index contributed by atoms with van der Waals surface area (Å²) in [5, 5.41) is 4.11. The predicted octanol–water partition coefficient (Wildman–Crippen LogP) is 1.74. The molecule has 2 heterocycles. The summed E-state index contributed by atoms with van der Waals surface area (Å²) >= 11 is 0. The minimum atomic E-state index is -0.336. The molecule has 0 saturated carbocycles. The van der Waals surface area contributed by atoms with Crippen molar-refractivity contribution >= 4 is 5.91 Å². The maximum Gasteiger partial charge on any atom is 0.247 e. The van der Waals surface area contributed by atoms with Gasteiger partial charge in [-0.15, -0.1) is 0 Å². The maximum absolute atomic E-state index is 12.4. The first-order valence-corrected chi connectivity index (χ1v) is 7.27. The minimum Gasteiger partial charge on any atom is -0.486 e. The van der Waals surface area contributed by atoms with Crippen molar-refractivity contribution in [3.05, 3.63) is 42.7 Å². The SMILES string of the molecule is CC(C(=O)N(C)CC1COc2ccccc2O1)n1cccn1. The largest absolute Gasteiger partial charge is 0.486 e. The monoisotopic (exact) mass is 301 g/mol. The third-order valence-corrected chi connectivity index (χ3v) is 3.70. The minimum absolute atomic E-state index is 0.00819. The van der Waals surface area contributed by atoms with Gasteiger partial charge in [-0.05, 0) is 25.1 Å². The number of carbonyl (C=O) groups is 1. The highest BCUT2D eigenvalue weighted by atomic mass is 16.6. The number of carbonyl (C=O) groups excluding carboxylic acids is 1. The number of amides is 1. The van der Waals surface area contributed by atoms with Gasteiger partial charge in [-0.25, -0.2) is 0 Å². The molecule has 2 unspecified atom stereocenters. The van der Waals surface area contributed by atoms with Gasteiger partial charge >= 0.3 is 0 Å². The fraction of sp³-hybridized carbons (Fsp3) is 0.375. The summed E-state index contributed by atoms with van der Waals surface area (Å²) in [4.78, 5) is 14.1. The van der Waals surface area contributed by atoms with Crippen LogP contribution in [0.2, 0.25) is 0 Å². The first-order chi connectivity index (χ1) is 10.6. The van der Waals surface area contributed by atoms with Gasteiger partial charge < -0.3 is 14.4 Å². The average Bonchev–Trinajstić information content (AvgIpc) is 3.07. The lowest BCUT2D eigenvalue weighted by molar-refractivity contribution is -0.134. The molecule has 0 spiro atoms. The van der Waals surface area contributed by atoms with E-state index in [2.05, 4.69) is 5.10 Å². The number of ether oxygens (including phenoxy) is 2. The number of hydrogen-bond donors (Lipinski definition) is 0. The van der Waals surface area contributed by atoms with Gasteiger partial charge in [0, 0.05) is 19.4 Å². The normalized spacial score (nSPS) is 17.8. The number of fused-ring (bicyclic) bond motifs is 1. The first-order valence-electron chi connectivity index (χ1n) is 7.27. The van der Waals surface area contributed by atoms with E-state index < -0.39 is 0 Å². The van der Waals surface area contributed by atoms with Gasteiger partial charge in [0.25, 0.3) is 0 Å². The molecule has 0 bridgehead atoms. The molecule has 6 heteroatoms. The second kappa shape index (κ2) is 6.09. The number of likely N-dealkylation sites (N-methyl/N-ethyl adjacent to an activating group) is 1. The van der Waals surface area contributed by atoms with E-state index in [4.69, 9.17) is 9.47 Å². The molecule has 0 radical (unpaired) electrons. The molecule has 1 aliphatic rings. The molecule has 22 heavy (non-hydrogen) atoms. The fourth-order valence-corrected chi connectivity index (χ4v) is 2.49. The van der Waals surface area contributed by atoms with Crippen LogP contribution in [-0.2, 0) is 4.79 Å². The Bertz CT molecular complexity index is 642. The molecule has 3 rings (SSSR count). The lowest BCUT2D eigenvalue weighted by Crippen LogP contribution is -2.43. The standard InChI is InChI=1S/C16H19N3O3/c1-12(19-9-5-8-17-19)16(20)18(2)10-13-11-21-14-6-3-4-7-15(14)22-13/h3-9,12-13H,10-11H2,1-2H3. The van der Waals surface area contributed by atoms with Crippen LogP contribution in [0.4, 0.5) is 0 Å². The van der Waals surface area contributed by atoms with E-state index in [1.165, 1.54) is 0 Å². The van der Waals surface area contributed by atoms with Crippen LogP contribution >= 0.6 is 0 Å². The van der Waals surface area contributed by atoms with Gasteiger partial charge in [0.2, 0.25) is 5.91 Å². The highest BCUT2D eigenvalue weighted by Crippen LogP contribution is 2.31. The Kier molecular flexibility index (Phi) is 4.00. The number of para-hydroxylation sites is 2. The summed E-state index contributed by atoms with van der Waals surface area (Å²) in [5.41, 5.74) is 0. The average molecular weight is 301 g/mol. The first kappa shape index (κ1) is 14.4. The fourth-order valence-electron chi connectivity index (χ4n) is 2.49. The van der Waals surface area contributed by atoms with Crippen molar-refractivity contribution in [3.63, 3.8) is 0 Å². The Balaban J connectivity index is 1.60. The zero-order chi connectivity index (χ0) is 15.5. The van der Waals surface area contributed by atoms with Crippen molar-refractivity contribution in [1.82, 2.24) is 14.7 Å². The Morgan fingerprint density at radius 2 is 2.18 bits per heavy atom. The van der Waals surface area contributed by atoms with Crippen LogP contribution in [-0.4, -0.2) is 46.9 Å². The number of aromatic nitrogens is 2. The molecule has 6 nitrogen and oxygen atoms in total. The van der Waals surface area contributed by atoms with Gasteiger partial charge in [-0.3, -0.25) is 9.48 Å². The lowest BCUT2D eigenvalue weighted by Gasteiger charge is -2.30. The number of hydrogen-bond acceptors (Lipinski definition) is 4. The molecular weight excluding hydrogens is 282 g/mol. The van der Waals surface area contributed by atoms with Crippen molar-refractivity contribution < 1.29 is 14.3 Å². The van der Waals surface area contributed by atoms with Crippen molar-refractivity contribution in [2.24, 2.45) is 0 Å². The van der Waals surface area contributed by atoms with Gasteiger partial charge in [0.1, 0.15) is 12.6 Å². The van der Waals surface area contributed by atoms with Crippen molar-refractivity contribution in [2.45, 2.75) is 19.1 Å². The molecule has 0 fully saturated rings. The van der Waals surface area contributed by atoms with Crippen molar-refractivity contribution in [1.29, 1.82) is 0 Å². The molecule has 2 aromatic rings. The Morgan fingerprint density at radius 3 is 2.91 bits per heavy atom. The van der Waals surface area contributed by atoms with E-state index in [-0.39, 0.29) is 18.1 Å². The molecule has 1 aromatic heterocycles. The highest BCUT2D eigenvalue weighted by Gasteiger charge is 2.26. The Morgan fingerprint density at radius 1 is 1.41 bits per heavy atom. The number of benzene rings is 1. The van der Waals surface area contributed by atoms with Crippen LogP contribution in [0.15, 0.2) is 42.7 Å². The molecule has 0 saturated heterocycles. The molecular formula is C16H19N3O3. The van der Waals surface area contributed by atoms with E-state index in [0.717, 1.165) is 11.5 Å². The Hall–Kier alpha value is -2.50. The maximum atomic E-state index is 12.4. The smallest absolute Gasteiger partial charge is 0.247 e. The van der Waals surface area contributed by atoms with Crippen LogP contribution in [0.1, 0.15) is 13.0 Å². The van der Waals surface area contributed by atoms with Gasteiger partial charge in [-0.1, -0.05) is 12.1 Å². The van der Waals surface area contributed by atoms with Gasteiger partial charge in [0.05, 0.1) is 6.54 Å². The summed E-state index contributed by atoms with van der Waals surface area (Å²) < 4.78 is 13.2. The highest BCUT2D eigenvalue weighted by molar-refractivity contribution is 5.79. The summed E-state index contributed by atoms with van der Waals surface area (Å²) in [7, 11) is 1.77. The van der Waals surface area contributed by atoms with Crippen LogP contribution in [0.25, 0.3) is 0 Å². The van der Waals surface area contributed by atoms with Crippen molar-refractivity contribution in [2.75, 3.05) is 20.2 Å². The molecule has 0 aliphatic carbocycles. The van der Waals surface area contributed by atoms with E-state index in [1.807, 2.05) is 31.2 Å². The van der Waals surface area contributed by atoms with Crippen LogP contribution in [0.3, 0.4) is 0 Å². The van der Waals surface area contributed by atoms with Crippen LogP contribution < -0.4 is 9.47 Å². The number of rotatable bonds is 4. The van der Waals surface area contributed by atoms with E-state index >= 15 is 0 Å². The molecule has 0 N–H and O–H groups in total. The third-order valence-electron chi connectivity index (χ3n) is 3.70. The van der Waals surface area contributed by atoms with Crippen LogP contribution in [0, 0.1) is 0 Å². The number of nitrogens with zero attached hydrogens (tertiary/aromatic N) is 3. The van der Waals surface area contributed by atoms with E-state index in [0.29, 0.717) is 13.2 Å². The summed E-state index contributed by atoms with van der Waals surface area (Å²) in [6.45, 7) is 2.74. The molecule has 1 aliphatic heterocycles. The summed E-state index contributed by atoms with van der Waals surface area (Å²) in [5.74, 6) is 1.46. The lowest BCUT2D eigenvalue weighted by atomic mass is 10.2. The summed E-state index contributed by atoms with van der Waals surface area (Å²) in [6.07, 6.45) is 3.28. The quantitative estimate of drug-likeness (QED) is 0.863. The van der Waals surface area contributed by atoms with E-state index in [1.54, 1.807) is 35.1 Å². The van der Waals surface area contributed by atoms with Gasteiger partial charge in [0.15, 0.2) is 17.6 Å². The van der Waals surface area contributed by atoms with Crippen LogP contribution in [0.5, 0.6) is 11.5 Å². The van der Waals surface area contributed by atoms with Gasteiger partial charge in [-0.2, -0.15) is 5.10 Å². The van der Waals surface area contributed by atoms with Crippen molar-refractivity contribution in [3.8, 4) is 11.5 Å². The zero-order valence-electron chi connectivity index (χ0n) is 12.7. The Labute approximate surface area is 129 Å². The zero-order valence-corrected chi connectivity index (χ0v) is 12.7. The topological polar surface area (TPSA) is 56.6 Å². The summed E-state index contributed by atoms with van der Waals surface area (Å²) in [6, 6.07) is 9.02. The molecule has 1 aromatic carbocycles.